The molecule has 0 saturated heterocycles. The van der Waals surface area contributed by atoms with Gasteiger partial charge in [-0.15, -0.1) is 0 Å². The lowest BCUT2D eigenvalue weighted by molar-refractivity contribution is -0.110. The molecule has 2 aromatic carbocycles. The molecule has 0 unspecified atom stereocenters. The van der Waals surface area contributed by atoms with Gasteiger partial charge in [0.2, 0.25) is 0 Å². The molecule has 26 heavy (non-hydrogen) atoms. The van der Waals surface area contributed by atoms with Crippen LogP contribution >= 0.6 is 0 Å². The van der Waals surface area contributed by atoms with Gasteiger partial charge in [0.05, 0.1) is 6.61 Å². The van der Waals surface area contributed by atoms with Crippen LogP contribution in [0.25, 0.3) is 0 Å². The van der Waals surface area contributed by atoms with Crippen molar-refractivity contribution < 1.29 is 19.1 Å². The predicted octanol–water partition coefficient (Wildman–Crippen LogP) is 3.72. The minimum Gasteiger partial charge on any atom is -0.494 e. The quantitative estimate of drug-likeness (QED) is 0.422. The molecule has 0 aliphatic rings. The van der Waals surface area contributed by atoms with Crippen LogP contribution in [0.2, 0.25) is 0 Å². The van der Waals surface area contributed by atoms with Crippen LogP contribution < -0.4 is 14.8 Å². The third kappa shape index (κ3) is 6.47. The first-order valence-electron chi connectivity index (χ1n) is 8.47. The van der Waals surface area contributed by atoms with Crippen LogP contribution in [0.15, 0.2) is 47.6 Å². The van der Waals surface area contributed by atoms with E-state index in [9.17, 15) is 4.79 Å². The number of rotatable bonds is 9. The lowest BCUT2D eigenvalue weighted by Gasteiger charge is -2.07. The van der Waals surface area contributed by atoms with E-state index in [-0.39, 0.29) is 12.5 Å². The minimum absolute atomic E-state index is 0.237. The number of amides is 1. The highest BCUT2D eigenvalue weighted by Gasteiger charge is 2.02. The number of oxime groups is 1. The number of hydrogen-bond donors (Lipinski definition) is 1. The number of carbonyl (C=O) groups is 1. The first-order chi connectivity index (χ1) is 12.6. The van der Waals surface area contributed by atoms with Gasteiger partial charge in [-0.1, -0.05) is 22.9 Å². The van der Waals surface area contributed by atoms with Crippen LogP contribution in [0.3, 0.4) is 0 Å². The molecule has 0 aliphatic heterocycles. The van der Waals surface area contributed by atoms with Crippen molar-refractivity contribution in [3.63, 3.8) is 0 Å². The summed E-state index contributed by atoms with van der Waals surface area (Å²) in [5.41, 5.74) is 2.90. The summed E-state index contributed by atoms with van der Waals surface area (Å²) in [6.45, 7) is 7.07. The topological polar surface area (TPSA) is 69.1 Å². The fraction of sp³-hybridized carbons (Fsp3) is 0.300. The Kier molecular flexibility index (Phi) is 7.49. The van der Waals surface area contributed by atoms with E-state index in [2.05, 4.69) is 10.5 Å². The molecule has 0 atom stereocenters. The zero-order valence-electron chi connectivity index (χ0n) is 15.3. The SMILES string of the molecule is CCOc1ccc(OCCO/N=C\C(=O)Nc2ccc(C)cc2C)cc1. The number of nitrogens with one attached hydrogen (secondary N) is 1. The molecule has 2 rings (SSSR count). The van der Waals surface area contributed by atoms with E-state index in [1.807, 2.05) is 63.2 Å². The van der Waals surface area contributed by atoms with Crippen molar-refractivity contribution in [1.29, 1.82) is 0 Å². The van der Waals surface area contributed by atoms with E-state index in [0.717, 1.165) is 28.8 Å². The standard InChI is InChI=1S/C20H24N2O4/c1-4-24-17-6-8-18(9-7-17)25-11-12-26-21-14-20(23)22-19-10-5-15(2)13-16(19)3/h5-10,13-14H,4,11-12H2,1-3H3,(H,22,23)/b21-14-. The van der Waals surface area contributed by atoms with E-state index >= 15 is 0 Å². The molecule has 2 aromatic rings. The Balaban J connectivity index is 1.66. The molecule has 1 N–H and O–H groups in total. The molecule has 6 heteroatoms. The number of carbonyl (C=O) groups excluding carboxylic acids is 1. The summed E-state index contributed by atoms with van der Waals surface area (Å²) in [7, 11) is 0. The molecule has 0 aliphatic carbocycles. The Labute approximate surface area is 153 Å². The van der Waals surface area contributed by atoms with Gasteiger partial charge < -0.3 is 19.6 Å². The highest BCUT2D eigenvalue weighted by molar-refractivity contribution is 6.31. The van der Waals surface area contributed by atoms with Gasteiger partial charge in [0.1, 0.15) is 24.3 Å². The van der Waals surface area contributed by atoms with Gasteiger partial charge in [-0.2, -0.15) is 0 Å². The van der Waals surface area contributed by atoms with Crippen LogP contribution in [0.4, 0.5) is 5.69 Å². The summed E-state index contributed by atoms with van der Waals surface area (Å²) < 4.78 is 10.9. The molecule has 6 nitrogen and oxygen atoms in total. The van der Waals surface area contributed by atoms with Gasteiger partial charge in [0, 0.05) is 5.69 Å². The van der Waals surface area contributed by atoms with Crippen molar-refractivity contribution in [2.24, 2.45) is 5.16 Å². The Morgan fingerprint density at radius 2 is 1.73 bits per heavy atom. The number of benzene rings is 2. The number of nitrogens with zero attached hydrogens (tertiary/aromatic N) is 1. The molecule has 0 bridgehead atoms. The predicted molar refractivity (Wildman–Crippen MR) is 102 cm³/mol. The lowest BCUT2D eigenvalue weighted by Crippen LogP contribution is -2.14. The number of hydrogen-bond acceptors (Lipinski definition) is 5. The molecule has 0 spiro atoms. The summed E-state index contributed by atoms with van der Waals surface area (Å²) in [6.07, 6.45) is 1.11. The van der Waals surface area contributed by atoms with Crippen molar-refractivity contribution >= 4 is 17.8 Å². The molecule has 0 aromatic heterocycles. The Morgan fingerprint density at radius 3 is 2.38 bits per heavy atom. The van der Waals surface area contributed by atoms with E-state index in [4.69, 9.17) is 14.3 Å². The van der Waals surface area contributed by atoms with Gasteiger partial charge >= 0.3 is 0 Å². The van der Waals surface area contributed by atoms with Gasteiger partial charge in [0.25, 0.3) is 5.91 Å². The molecule has 0 radical (unpaired) electrons. The smallest absolute Gasteiger partial charge is 0.270 e. The number of ether oxygens (including phenoxy) is 2. The van der Waals surface area contributed by atoms with Crippen LogP contribution in [0.5, 0.6) is 11.5 Å². The molecular formula is C20H24N2O4. The average Bonchev–Trinajstić information content (AvgIpc) is 2.62. The molecule has 0 heterocycles. The fourth-order valence-corrected chi connectivity index (χ4v) is 2.25. The first kappa shape index (κ1) is 19.3. The minimum atomic E-state index is -0.343. The van der Waals surface area contributed by atoms with E-state index in [1.165, 1.54) is 0 Å². The number of anilines is 1. The van der Waals surface area contributed by atoms with Crippen LogP contribution in [-0.2, 0) is 9.63 Å². The summed E-state index contributed by atoms with van der Waals surface area (Å²) in [5, 5.41) is 6.41. The second kappa shape index (κ2) is 10.1. The summed E-state index contributed by atoms with van der Waals surface area (Å²) in [5.74, 6) is 1.17. The van der Waals surface area contributed by atoms with Crippen molar-refractivity contribution in [3.05, 3.63) is 53.6 Å². The van der Waals surface area contributed by atoms with E-state index < -0.39 is 0 Å². The molecular weight excluding hydrogens is 332 g/mol. The Morgan fingerprint density at radius 1 is 1.04 bits per heavy atom. The second-order valence-electron chi connectivity index (χ2n) is 5.63. The Hall–Kier alpha value is -3.02. The lowest BCUT2D eigenvalue weighted by atomic mass is 10.1. The van der Waals surface area contributed by atoms with Crippen molar-refractivity contribution in [2.45, 2.75) is 20.8 Å². The van der Waals surface area contributed by atoms with Crippen LogP contribution in [0.1, 0.15) is 18.1 Å². The maximum atomic E-state index is 11.8. The van der Waals surface area contributed by atoms with Crippen LogP contribution in [-0.4, -0.2) is 31.9 Å². The highest BCUT2D eigenvalue weighted by Crippen LogP contribution is 2.17. The summed E-state index contributed by atoms with van der Waals surface area (Å²) in [4.78, 5) is 16.8. The normalized spacial score (nSPS) is 10.6. The maximum Gasteiger partial charge on any atom is 0.270 e. The van der Waals surface area contributed by atoms with Gasteiger partial charge in [-0.25, -0.2) is 0 Å². The van der Waals surface area contributed by atoms with Crippen molar-refractivity contribution in [1.82, 2.24) is 0 Å². The monoisotopic (exact) mass is 356 g/mol. The first-order valence-corrected chi connectivity index (χ1v) is 8.47. The largest absolute Gasteiger partial charge is 0.494 e. The van der Waals surface area contributed by atoms with Crippen LogP contribution in [0, 0.1) is 13.8 Å². The summed E-state index contributed by atoms with van der Waals surface area (Å²) >= 11 is 0. The molecule has 1 amide bonds. The zero-order chi connectivity index (χ0) is 18.8. The third-order valence-corrected chi connectivity index (χ3v) is 3.46. The number of aryl methyl sites for hydroxylation is 2. The Bertz CT molecular complexity index is 742. The maximum absolute atomic E-state index is 11.8. The summed E-state index contributed by atoms with van der Waals surface area (Å²) in [6, 6.07) is 13.1. The highest BCUT2D eigenvalue weighted by atomic mass is 16.6. The van der Waals surface area contributed by atoms with E-state index in [1.54, 1.807) is 0 Å². The molecule has 138 valence electrons. The van der Waals surface area contributed by atoms with Gasteiger partial charge in [-0.3, -0.25) is 4.79 Å². The van der Waals surface area contributed by atoms with E-state index in [0.29, 0.717) is 19.0 Å². The van der Waals surface area contributed by atoms with Gasteiger partial charge in [-0.05, 0) is 56.7 Å². The average molecular weight is 356 g/mol. The van der Waals surface area contributed by atoms with Gasteiger partial charge in [0.15, 0.2) is 6.61 Å². The molecule has 0 saturated carbocycles. The zero-order valence-corrected chi connectivity index (χ0v) is 15.3. The second-order valence-corrected chi connectivity index (χ2v) is 5.63. The molecule has 0 fully saturated rings. The third-order valence-electron chi connectivity index (χ3n) is 3.46. The fourth-order valence-electron chi connectivity index (χ4n) is 2.25. The van der Waals surface area contributed by atoms with Crippen molar-refractivity contribution in [2.75, 3.05) is 25.1 Å². The van der Waals surface area contributed by atoms with Crippen molar-refractivity contribution in [3.8, 4) is 11.5 Å².